The van der Waals surface area contributed by atoms with Gasteiger partial charge in [0.2, 0.25) is 5.91 Å². The van der Waals surface area contributed by atoms with Crippen LogP contribution in [0.3, 0.4) is 0 Å². The topological polar surface area (TPSA) is 33.2 Å². The first-order valence-electron chi connectivity index (χ1n) is 6.98. The monoisotopic (exact) mass is 278 g/mol. The van der Waals surface area contributed by atoms with E-state index in [1.165, 1.54) is 12.0 Å². The predicted molar refractivity (Wildman–Crippen MR) is 79.2 cm³/mol. The third-order valence-electron chi connectivity index (χ3n) is 3.41. The van der Waals surface area contributed by atoms with Crippen LogP contribution < -0.4 is 0 Å². The fourth-order valence-corrected chi connectivity index (χ4v) is 3.52. The van der Waals surface area contributed by atoms with E-state index in [2.05, 4.69) is 24.9 Å². The first kappa shape index (κ1) is 14.4. The molecule has 1 amide bonds. The third-order valence-corrected chi connectivity index (χ3v) is 4.45. The number of hydrogen-bond acceptors (Lipinski definition) is 3. The number of nitrogens with zero attached hydrogens (tertiary/aromatic N) is 2. The maximum absolute atomic E-state index is 11.8. The first-order chi connectivity index (χ1) is 9.09. The minimum atomic E-state index is 0.175. The average molecular weight is 278 g/mol. The minimum Gasteiger partial charge on any atom is -0.336 e. The fraction of sp³-hybridized carbons (Fsp3) is 0.600. The van der Waals surface area contributed by atoms with E-state index in [1.54, 1.807) is 18.7 Å². The maximum Gasteiger partial charge on any atom is 0.219 e. The molecule has 0 aliphatic carbocycles. The van der Waals surface area contributed by atoms with Gasteiger partial charge in [0.1, 0.15) is 5.03 Å². The van der Waals surface area contributed by atoms with Crippen LogP contribution in [0.4, 0.5) is 0 Å². The van der Waals surface area contributed by atoms with Gasteiger partial charge in [0, 0.05) is 30.5 Å². The van der Waals surface area contributed by atoms with Crippen molar-refractivity contribution in [3.63, 3.8) is 0 Å². The van der Waals surface area contributed by atoms with E-state index in [4.69, 9.17) is 0 Å². The van der Waals surface area contributed by atoms with Crippen LogP contribution in [0.15, 0.2) is 23.4 Å². The van der Waals surface area contributed by atoms with E-state index in [-0.39, 0.29) is 11.9 Å². The van der Waals surface area contributed by atoms with Crippen LogP contribution in [0.2, 0.25) is 0 Å². The molecule has 1 fully saturated rings. The summed E-state index contributed by atoms with van der Waals surface area (Å²) in [7, 11) is 0. The van der Waals surface area contributed by atoms with Gasteiger partial charge < -0.3 is 4.90 Å². The smallest absolute Gasteiger partial charge is 0.219 e. The first-order valence-corrected chi connectivity index (χ1v) is 7.86. The maximum atomic E-state index is 11.8. The van der Waals surface area contributed by atoms with E-state index in [9.17, 15) is 4.79 Å². The highest BCUT2D eigenvalue weighted by atomic mass is 32.2. The summed E-state index contributed by atoms with van der Waals surface area (Å²) in [4.78, 5) is 18.3. The zero-order valence-corrected chi connectivity index (χ0v) is 12.7. The number of likely N-dealkylation sites (tertiary alicyclic amines) is 1. The highest BCUT2D eigenvalue weighted by Gasteiger charge is 2.28. The summed E-state index contributed by atoms with van der Waals surface area (Å²) in [6.07, 6.45) is 5.20. The summed E-state index contributed by atoms with van der Waals surface area (Å²) in [5, 5.41) is 1.58. The van der Waals surface area contributed by atoms with Crippen LogP contribution in [0.5, 0.6) is 0 Å². The van der Waals surface area contributed by atoms with Gasteiger partial charge in [-0.1, -0.05) is 19.9 Å². The predicted octanol–water partition coefficient (Wildman–Crippen LogP) is 3.66. The van der Waals surface area contributed by atoms with Gasteiger partial charge in [-0.05, 0) is 25.3 Å². The molecule has 4 heteroatoms. The molecule has 0 radical (unpaired) electrons. The molecule has 0 unspecified atom stereocenters. The zero-order chi connectivity index (χ0) is 13.8. The van der Waals surface area contributed by atoms with Gasteiger partial charge in [0.25, 0.3) is 0 Å². The molecule has 1 aromatic heterocycles. The molecule has 0 aromatic carbocycles. The Hall–Kier alpha value is -1.03. The fourth-order valence-electron chi connectivity index (χ4n) is 2.61. The lowest BCUT2D eigenvalue weighted by Gasteiger charge is -2.36. The standard InChI is InChI=1S/C15H22N2OS/c1-11(2)19-15-13(7-6-9-16-15)14-8-4-5-10-17(14)12(3)18/h6-7,9,11,14H,4-5,8,10H2,1-3H3/t14-/m0/s1. The van der Waals surface area contributed by atoms with E-state index in [0.717, 1.165) is 24.4 Å². The van der Waals surface area contributed by atoms with Crippen LogP contribution in [0.1, 0.15) is 51.6 Å². The number of aromatic nitrogens is 1. The summed E-state index contributed by atoms with van der Waals surface area (Å²) < 4.78 is 0. The van der Waals surface area contributed by atoms with E-state index in [0.29, 0.717) is 5.25 Å². The van der Waals surface area contributed by atoms with Crippen molar-refractivity contribution in [1.82, 2.24) is 9.88 Å². The Balaban J connectivity index is 2.30. The molecule has 19 heavy (non-hydrogen) atoms. The summed E-state index contributed by atoms with van der Waals surface area (Å²) in [5.41, 5.74) is 1.22. The van der Waals surface area contributed by atoms with Crippen LogP contribution in [-0.2, 0) is 4.79 Å². The number of thioether (sulfide) groups is 1. The molecule has 1 aliphatic rings. The number of pyridine rings is 1. The highest BCUT2D eigenvalue weighted by molar-refractivity contribution is 7.99. The molecule has 1 atom stereocenters. The molecule has 0 bridgehead atoms. The number of carbonyl (C=O) groups is 1. The second-order valence-corrected chi connectivity index (χ2v) is 6.85. The zero-order valence-electron chi connectivity index (χ0n) is 11.9. The Labute approximate surface area is 119 Å². The largest absolute Gasteiger partial charge is 0.336 e. The van der Waals surface area contributed by atoms with Crippen molar-refractivity contribution in [3.8, 4) is 0 Å². The summed E-state index contributed by atoms with van der Waals surface area (Å²) in [5.74, 6) is 0.175. The Morgan fingerprint density at radius 3 is 2.95 bits per heavy atom. The lowest BCUT2D eigenvalue weighted by Crippen LogP contribution is -2.37. The number of amides is 1. The van der Waals surface area contributed by atoms with Crippen molar-refractivity contribution in [2.45, 2.75) is 56.4 Å². The lowest BCUT2D eigenvalue weighted by molar-refractivity contribution is -0.132. The van der Waals surface area contributed by atoms with Crippen molar-refractivity contribution in [3.05, 3.63) is 23.9 Å². The SMILES string of the molecule is CC(=O)N1CCCC[C@H]1c1cccnc1SC(C)C. The van der Waals surface area contributed by atoms with Gasteiger partial charge in [-0.25, -0.2) is 4.98 Å². The van der Waals surface area contributed by atoms with Crippen molar-refractivity contribution in [2.24, 2.45) is 0 Å². The van der Waals surface area contributed by atoms with Crippen LogP contribution >= 0.6 is 11.8 Å². The van der Waals surface area contributed by atoms with Gasteiger partial charge in [-0.3, -0.25) is 4.79 Å². The lowest BCUT2D eigenvalue weighted by atomic mass is 9.96. The quantitative estimate of drug-likeness (QED) is 0.791. The normalized spacial score (nSPS) is 19.8. The Bertz CT molecular complexity index is 448. The average Bonchev–Trinajstić information content (AvgIpc) is 2.38. The van der Waals surface area contributed by atoms with Crippen LogP contribution in [0.25, 0.3) is 0 Å². The van der Waals surface area contributed by atoms with Crippen molar-refractivity contribution in [1.29, 1.82) is 0 Å². The summed E-state index contributed by atoms with van der Waals surface area (Å²) in [6.45, 7) is 6.89. The number of rotatable bonds is 3. The van der Waals surface area contributed by atoms with Crippen molar-refractivity contribution < 1.29 is 4.79 Å². The van der Waals surface area contributed by atoms with E-state index < -0.39 is 0 Å². The van der Waals surface area contributed by atoms with E-state index in [1.807, 2.05) is 17.2 Å². The molecular weight excluding hydrogens is 256 g/mol. The third kappa shape index (κ3) is 3.50. The van der Waals surface area contributed by atoms with Crippen molar-refractivity contribution in [2.75, 3.05) is 6.54 Å². The second-order valence-electron chi connectivity index (χ2n) is 5.29. The molecule has 1 aliphatic heterocycles. The van der Waals surface area contributed by atoms with Gasteiger partial charge in [-0.15, -0.1) is 11.8 Å². The van der Waals surface area contributed by atoms with Gasteiger partial charge in [0.15, 0.2) is 0 Å². The second kappa shape index (κ2) is 6.42. The Kier molecular flexibility index (Phi) is 4.86. The minimum absolute atomic E-state index is 0.175. The van der Waals surface area contributed by atoms with E-state index >= 15 is 0 Å². The molecule has 3 nitrogen and oxygen atoms in total. The van der Waals surface area contributed by atoms with Crippen LogP contribution in [-0.4, -0.2) is 27.6 Å². The molecule has 0 spiro atoms. The van der Waals surface area contributed by atoms with Gasteiger partial charge >= 0.3 is 0 Å². The molecule has 1 saturated heterocycles. The number of piperidine rings is 1. The van der Waals surface area contributed by atoms with Gasteiger partial charge in [-0.2, -0.15) is 0 Å². The molecule has 2 heterocycles. The Morgan fingerprint density at radius 1 is 1.47 bits per heavy atom. The molecule has 0 saturated carbocycles. The molecule has 2 rings (SSSR count). The summed E-state index contributed by atoms with van der Waals surface area (Å²) >= 11 is 1.78. The molecular formula is C15H22N2OS. The molecule has 1 aromatic rings. The summed E-state index contributed by atoms with van der Waals surface area (Å²) in [6, 6.07) is 4.32. The Morgan fingerprint density at radius 2 is 2.26 bits per heavy atom. The molecule has 104 valence electrons. The van der Waals surface area contributed by atoms with Gasteiger partial charge in [0.05, 0.1) is 6.04 Å². The number of hydrogen-bond donors (Lipinski definition) is 0. The van der Waals surface area contributed by atoms with Crippen molar-refractivity contribution >= 4 is 17.7 Å². The van der Waals surface area contributed by atoms with Crippen LogP contribution in [0, 0.1) is 0 Å². The molecule has 0 N–H and O–H groups in total. The highest BCUT2D eigenvalue weighted by Crippen LogP contribution is 2.36. The number of carbonyl (C=O) groups excluding carboxylic acids is 1.